The third-order valence-corrected chi connectivity index (χ3v) is 4.34. The molecule has 3 rings (SSSR count). The van der Waals surface area contributed by atoms with Gasteiger partial charge in [-0.2, -0.15) is 0 Å². The number of hydrogen-bond donors (Lipinski definition) is 1. The van der Waals surface area contributed by atoms with Gasteiger partial charge in [-0.1, -0.05) is 46.7 Å². The Bertz CT molecular complexity index is 830. The van der Waals surface area contributed by atoms with E-state index in [0.717, 1.165) is 4.70 Å². The number of benzene rings is 2. The van der Waals surface area contributed by atoms with Gasteiger partial charge < -0.3 is 0 Å². The number of carbonyl (C=O) groups excluding carboxylic acids is 1. The van der Waals surface area contributed by atoms with Crippen LogP contribution in [0.15, 0.2) is 36.4 Å². The molecule has 0 saturated carbocycles. The van der Waals surface area contributed by atoms with Gasteiger partial charge in [0.25, 0.3) is 5.91 Å². The Kier molecular flexibility index (Phi) is 3.80. The van der Waals surface area contributed by atoms with Gasteiger partial charge in [-0.15, -0.1) is 0 Å². The molecule has 3 aromatic rings. The summed E-state index contributed by atoms with van der Waals surface area (Å²) in [5.41, 5.74) is 0.392. The fraction of sp³-hybridized carbons (Fsp3) is 0. The quantitative estimate of drug-likeness (QED) is 0.713. The van der Waals surface area contributed by atoms with Crippen molar-refractivity contribution in [3.05, 3.63) is 57.8 Å². The maximum Gasteiger partial charge on any atom is 0.261 e. The van der Waals surface area contributed by atoms with Gasteiger partial charge in [0, 0.05) is 0 Å². The highest BCUT2D eigenvalue weighted by Crippen LogP contribution is 2.31. The molecular weight excluding hydrogens is 334 g/mol. The van der Waals surface area contributed by atoms with Gasteiger partial charge in [-0.05, 0) is 24.3 Å². The molecule has 0 bridgehead atoms. The molecule has 0 aliphatic heterocycles. The minimum atomic E-state index is -0.681. The second-order valence-corrected chi connectivity index (χ2v) is 6.00. The second-order valence-electron chi connectivity index (χ2n) is 4.16. The first kappa shape index (κ1) is 14.3. The van der Waals surface area contributed by atoms with E-state index in [4.69, 9.17) is 23.2 Å². The molecule has 2 aromatic carbocycles. The van der Waals surface area contributed by atoms with Crippen LogP contribution in [0.25, 0.3) is 10.2 Å². The smallest absolute Gasteiger partial charge is 0.261 e. The van der Waals surface area contributed by atoms with Crippen LogP contribution in [0, 0.1) is 5.82 Å². The number of thiazole rings is 1. The molecule has 1 N–H and O–H groups in total. The standard InChI is InChI=1S/C14H7Cl2FN2OS/c15-7-3-1-5-9(17)11(7)13(20)19-14-18-12-8(16)4-2-6-10(12)21-14/h1-6H,(H,18,19,20). The number of fused-ring (bicyclic) bond motifs is 1. The number of nitrogens with one attached hydrogen (secondary N) is 1. The third kappa shape index (κ3) is 2.72. The molecule has 1 aromatic heterocycles. The maximum atomic E-state index is 13.7. The maximum absolute atomic E-state index is 13.7. The Morgan fingerprint density at radius 3 is 2.57 bits per heavy atom. The monoisotopic (exact) mass is 340 g/mol. The fourth-order valence-electron chi connectivity index (χ4n) is 1.84. The van der Waals surface area contributed by atoms with Crippen LogP contribution in [0.4, 0.5) is 9.52 Å². The summed E-state index contributed by atoms with van der Waals surface area (Å²) in [6.45, 7) is 0. The van der Waals surface area contributed by atoms with Gasteiger partial charge in [-0.25, -0.2) is 9.37 Å². The molecule has 0 atom stereocenters. The van der Waals surface area contributed by atoms with Crippen molar-refractivity contribution in [2.75, 3.05) is 5.32 Å². The first-order valence-electron chi connectivity index (χ1n) is 5.86. The van der Waals surface area contributed by atoms with E-state index < -0.39 is 11.7 Å². The zero-order valence-corrected chi connectivity index (χ0v) is 12.7. The number of aromatic nitrogens is 1. The summed E-state index contributed by atoms with van der Waals surface area (Å²) >= 11 is 13.1. The normalized spacial score (nSPS) is 10.8. The molecule has 7 heteroatoms. The molecule has 1 amide bonds. The fourth-order valence-corrected chi connectivity index (χ4v) is 3.25. The average molecular weight is 341 g/mol. The summed E-state index contributed by atoms with van der Waals surface area (Å²) in [5.74, 6) is -1.33. The van der Waals surface area contributed by atoms with E-state index in [1.165, 1.54) is 29.5 Å². The van der Waals surface area contributed by atoms with E-state index in [1.807, 2.05) is 6.07 Å². The van der Waals surface area contributed by atoms with Crippen molar-refractivity contribution >= 4 is 55.8 Å². The van der Waals surface area contributed by atoms with Gasteiger partial charge in [0.05, 0.1) is 20.3 Å². The Balaban J connectivity index is 1.95. The number of anilines is 1. The Hall–Kier alpha value is -1.69. The van der Waals surface area contributed by atoms with Crippen LogP contribution >= 0.6 is 34.5 Å². The van der Waals surface area contributed by atoms with Gasteiger partial charge in [0.2, 0.25) is 0 Å². The lowest BCUT2D eigenvalue weighted by Crippen LogP contribution is -2.14. The molecule has 3 nitrogen and oxygen atoms in total. The molecule has 0 saturated heterocycles. The van der Waals surface area contributed by atoms with Gasteiger partial charge in [0.15, 0.2) is 5.13 Å². The van der Waals surface area contributed by atoms with Gasteiger partial charge in [0.1, 0.15) is 11.3 Å². The summed E-state index contributed by atoms with van der Waals surface area (Å²) in [6.07, 6.45) is 0. The van der Waals surface area contributed by atoms with Crippen LogP contribution in [0.2, 0.25) is 10.0 Å². The van der Waals surface area contributed by atoms with E-state index in [2.05, 4.69) is 10.3 Å². The molecule has 0 unspecified atom stereocenters. The first-order chi connectivity index (χ1) is 10.1. The van der Waals surface area contributed by atoms with E-state index in [9.17, 15) is 9.18 Å². The molecule has 0 aliphatic carbocycles. The Morgan fingerprint density at radius 2 is 1.86 bits per heavy atom. The molecule has 0 radical (unpaired) electrons. The first-order valence-corrected chi connectivity index (χ1v) is 7.44. The zero-order valence-electron chi connectivity index (χ0n) is 10.4. The minimum Gasteiger partial charge on any atom is -0.298 e. The van der Waals surface area contributed by atoms with Crippen molar-refractivity contribution < 1.29 is 9.18 Å². The van der Waals surface area contributed by atoms with E-state index in [1.54, 1.807) is 12.1 Å². The number of rotatable bonds is 2. The van der Waals surface area contributed by atoms with E-state index in [-0.39, 0.29) is 10.6 Å². The minimum absolute atomic E-state index is 0.0478. The highest BCUT2D eigenvalue weighted by atomic mass is 35.5. The van der Waals surface area contributed by atoms with Crippen LogP contribution in [-0.2, 0) is 0 Å². The van der Waals surface area contributed by atoms with Crippen molar-refractivity contribution in [1.82, 2.24) is 4.98 Å². The molecule has 0 aliphatic rings. The predicted molar refractivity (Wildman–Crippen MR) is 84.0 cm³/mol. The number of halogens is 3. The zero-order chi connectivity index (χ0) is 15.0. The second kappa shape index (κ2) is 5.60. The number of amides is 1. The lowest BCUT2D eigenvalue weighted by Gasteiger charge is -2.04. The summed E-state index contributed by atoms with van der Waals surface area (Å²) < 4.78 is 14.5. The van der Waals surface area contributed by atoms with E-state index >= 15 is 0 Å². The molecule has 0 spiro atoms. The van der Waals surface area contributed by atoms with E-state index in [0.29, 0.717) is 15.7 Å². The predicted octanol–water partition coefficient (Wildman–Crippen LogP) is 4.99. The summed E-state index contributed by atoms with van der Waals surface area (Å²) in [6, 6.07) is 9.41. The number of nitrogens with zero attached hydrogens (tertiary/aromatic N) is 1. The van der Waals surface area contributed by atoms with Gasteiger partial charge >= 0.3 is 0 Å². The Labute approximate surface area is 133 Å². The van der Waals surface area contributed by atoms with Crippen LogP contribution in [-0.4, -0.2) is 10.9 Å². The summed E-state index contributed by atoms with van der Waals surface area (Å²) in [4.78, 5) is 16.3. The molecule has 21 heavy (non-hydrogen) atoms. The average Bonchev–Trinajstić information content (AvgIpc) is 2.82. The van der Waals surface area contributed by atoms with Crippen LogP contribution < -0.4 is 5.32 Å². The van der Waals surface area contributed by atoms with Crippen molar-refractivity contribution in [1.29, 1.82) is 0 Å². The van der Waals surface area contributed by atoms with Crippen molar-refractivity contribution in [3.63, 3.8) is 0 Å². The van der Waals surface area contributed by atoms with Crippen LogP contribution in [0.5, 0.6) is 0 Å². The Morgan fingerprint density at radius 1 is 1.14 bits per heavy atom. The van der Waals surface area contributed by atoms with Gasteiger partial charge in [-0.3, -0.25) is 10.1 Å². The number of hydrogen-bond acceptors (Lipinski definition) is 3. The molecule has 0 fully saturated rings. The van der Waals surface area contributed by atoms with Crippen molar-refractivity contribution in [2.45, 2.75) is 0 Å². The largest absolute Gasteiger partial charge is 0.298 e. The van der Waals surface area contributed by atoms with Crippen LogP contribution in [0.1, 0.15) is 10.4 Å². The highest BCUT2D eigenvalue weighted by molar-refractivity contribution is 7.22. The molecular formula is C14H7Cl2FN2OS. The highest BCUT2D eigenvalue weighted by Gasteiger charge is 2.17. The topological polar surface area (TPSA) is 42.0 Å². The van der Waals surface area contributed by atoms with Crippen LogP contribution in [0.3, 0.4) is 0 Å². The SMILES string of the molecule is O=C(Nc1nc2c(Cl)cccc2s1)c1c(F)cccc1Cl. The third-order valence-electron chi connectivity index (χ3n) is 2.78. The molecule has 106 valence electrons. The van der Waals surface area contributed by atoms with Crippen molar-refractivity contribution in [3.8, 4) is 0 Å². The van der Waals surface area contributed by atoms with Crippen molar-refractivity contribution in [2.24, 2.45) is 0 Å². The number of para-hydroxylation sites is 1. The summed E-state index contributed by atoms with van der Waals surface area (Å²) in [7, 11) is 0. The lowest BCUT2D eigenvalue weighted by molar-refractivity contribution is 0.102. The lowest BCUT2D eigenvalue weighted by atomic mass is 10.2. The number of carbonyl (C=O) groups is 1. The molecule has 1 heterocycles. The summed E-state index contributed by atoms with van der Waals surface area (Å²) in [5, 5.41) is 3.42.